The fourth-order valence-corrected chi connectivity index (χ4v) is 2.63. The van der Waals surface area contributed by atoms with Crippen molar-refractivity contribution in [2.45, 2.75) is 27.7 Å². The Bertz CT molecular complexity index is 352. The third kappa shape index (κ3) is 1.91. The topological polar surface area (TPSA) is 29.0 Å². The van der Waals surface area contributed by atoms with E-state index in [2.05, 4.69) is 21.8 Å². The molecule has 2 fully saturated rings. The predicted octanol–water partition coefficient (Wildman–Crippen LogP) is 2.51. The summed E-state index contributed by atoms with van der Waals surface area (Å²) in [4.78, 5) is 11.0. The molecule has 2 atom stereocenters. The van der Waals surface area contributed by atoms with E-state index in [1.807, 2.05) is 33.0 Å². The van der Waals surface area contributed by atoms with Gasteiger partial charge in [0.05, 0.1) is 0 Å². The van der Waals surface area contributed by atoms with Crippen LogP contribution in [0.5, 0.6) is 0 Å². The van der Waals surface area contributed by atoms with E-state index in [1.54, 1.807) is 0 Å². The molecule has 2 heterocycles. The zero-order valence-corrected chi connectivity index (χ0v) is 10.6. The molecule has 1 aromatic rings. The molecule has 1 aromatic heterocycles. The molecular formula is C13H21N3. The van der Waals surface area contributed by atoms with Gasteiger partial charge in [-0.05, 0) is 30.7 Å². The highest BCUT2D eigenvalue weighted by Crippen LogP contribution is 2.51. The summed E-state index contributed by atoms with van der Waals surface area (Å²) in [5.74, 6) is 4.80. The van der Waals surface area contributed by atoms with Crippen molar-refractivity contribution in [2.24, 2.45) is 17.8 Å². The lowest BCUT2D eigenvalue weighted by Gasteiger charge is -2.19. The fraction of sp³-hybridized carbons (Fsp3) is 0.692. The summed E-state index contributed by atoms with van der Waals surface area (Å²) in [7, 11) is 0. The summed E-state index contributed by atoms with van der Waals surface area (Å²) in [6.07, 6.45) is 1.85. The van der Waals surface area contributed by atoms with Crippen LogP contribution >= 0.6 is 0 Å². The van der Waals surface area contributed by atoms with Crippen molar-refractivity contribution in [1.82, 2.24) is 9.97 Å². The molecule has 0 spiro atoms. The molecule has 3 heteroatoms. The van der Waals surface area contributed by atoms with E-state index in [9.17, 15) is 0 Å². The van der Waals surface area contributed by atoms with E-state index in [1.165, 1.54) is 13.1 Å². The average Bonchev–Trinajstić information content (AvgIpc) is 2.77. The second kappa shape index (κ2) is 4.40. The summed E-state index contributed by atoms with van der Waals surface area (Å²) in [6, 6.07) is 2.02. The molecule has 0 radical (unpaired) electrons. The molecule has 88 valence electrons. The summed E-state index contributed by atoms with van der Waals surface area (Å²) in [6.45, 7) is 10.7. The third-order valence-corrected chi connectivity index (χ3v) is 3.71. The number of hydrogen-bond donors (Lipinski definition) is 0. The second-order valence-electron chi connectivity index (χ2n) is 4.55. The van der Waals surface area contributed by atoms with Crippen LogP contribution in [0.4, 0.5) is 5.82 Å². The van der Waals surface area contributed by atoms with Gasteiger partial charge in [-0.1, -0.05) is 20.8 Å². The van der Waals surface area contributed by atoms with Crippen molar-refractivity contribution >= 4 is 5.82 Å². The first-order valence-electron chi connectivity index (χ1n) is 6.30. The van der Waals surface area contributed by atoms with Gasteiger partial charge in [0.25, 0.3) is 0 Å². The van der Waals surface area contributed by atoms with Crippen LogP contribution in [0.3, 0.4) is 0 Å². The standard InChI is InChI=1S/C11H15N3.C2H6/c1-7-9-5-14(6-10(7)9)11-3-4-12-8(2)13-11;1-2/h3-4,7,9-10H,5-6H2,1-2H3;1-2H3. The molecule has 2 unspecified atom stereocenters. The van der Waals surface area contributed by atoms with Gasteiger partial charge in [-0.15, -0.1) is 0 Å². The van der Waals surface area contributed by atoms with Gasteiger partial charge in [0.1, 0.15) is 11.6 Å². The first-order chi connectivity index (χ1) is 7.75. The number of aromatic nitrogens is 2. The summed E-state index contributed by atoms with van der Waals surface area (Å²) in [5.41, 5.74) is 0. The third-order valence-electron chi connectivity index (χ3n) is 3.71. The molecule has 0 N–H and O–H groups in total. The quantitative estimate of drug-likeness (QED) is 0.726. The number of fused-ring (bicyclic) bond motifs is 1. The van der Waals surface area contributed by atoms with Crippen LogP contribution < -0.4 is 4.90 Å². The van der Waals surface area contributed by atoms with Gasteiger partial charge >= 0.3 is 0 Å². The SMILES string of the molecule is CC.Cc1nccc(N2CC3C(C)C3C2)n1. The normalized spacial score (nSPS) is 30.5. The molecule has 2 aliphatic rings. The lowest BCUT2D eigenvalue weighted by molar-refractivity contribution is 0.682. The number of aryl methyl sites for hydroxylation is 1. The maximum Gasteiger partial charge on any atom is 0.132 e. The molecule has 1 saturated carbocycles. The molecule has 3 rings (SSSR count). The van der Waals surface area contributed by atoms with Gasteiger partial charge < -0.3 is 4.90 Å². The van der Waals surface area contributed by atoms with Crippen molar-refractivity contribution in [1.29, 1.82) is 0 Å². The summed E-state index contributed by atoms with van der Waals surface area (Å²) >= 11 is 0. The van der Waals surface area contributed by atoms with Crippen LogP contribution in [0.15, 0.2) is 12.3 Å². The average molecular weight is 219 g/mol. The van der Waals surface area contributed by atoms with E-state index < -0.39 is 0 Å². The highest BCUT2D eigenvalue weighted by molar-refractivity contribution is 5.41. The smallest absolute Gasteiger partial charge is 0.132 e. The molecule has 0 bridgehead atoms. The molecule has 16 heavy (non-hydrogen) atoms. The number of nitrogens with zero attached hydrogens (tertiary/aromatic N) is 3. The Morgan fingerprint density at radius 1 is 1.25 bits per heavy atom. The predicted molar refractivity (Wildman–Crippen MR) is 66.5 cm³/mol. The maximum atomic E-state index is 4.45. The number of piperidine rings is 1. The van der Waals surface area contributed by atoms with Gasteiger partial charge in [0.2, 0.25) is 0 Å². The Labute approximate surface area is 97.9 Å². The van der Waals surface area contributed by atoms with Crippen LogP contribution in [-0.2, 0) is 0 Å². The maximum absolute atomic E-state index is 4.45. The van der Waals surface area contributed by atoms with Gasteiger partial charge in [-0.2, -0.15) is 0 Å². The van der Waals surface area contributed by atoms with Crippen LogP contribution in [-0.4, -0.2) is 23.1 Å². The van der Waals surface area contributed by atoms with Gasteiger partial charge in [-0.25, -0.2) is 9.97 Å². The Morgan fingerprint density at radius 2 is 1.88 bits per heavy atom. The molecular weight excluding hydrogens is 198 g/mol. The molecule has 3 nitrogen and oxygen atoms in total. The fourth-order valence-electron chi connectivity index (χ4n) is 2.63. The zero-order valence-electron chi connectivity index (χ0n) is 10.6. The first kappa shape index (κ1) is 11.4. The monoisotopic (exact) mass is 219 g/mol. The first-order valence-corrected chi connectivity index (χ1v) is 6.30. The highest BCUT2D eigenvalue weighted by Gasteiger charge is 2.52. The zero-order chi connectivity index (χ0) is 11.7. The van der Waals surface area contributed by atoms with Gasteiger partial charge in [0.15, 0.2) is 0 Å². The van der Waals surface area contributed by atoms with E-state index in [-0.39, 0.29) is 0 Å². The molecule has 0 aromatic carbocycles. The van der Waals surface area contributed by atoms with Crippen molar-refractivity contribution < 1.29 is 0 Å². The van der Waals surface area contributed by atoms with Gasteiger partial charge in [0, 0.05) is 19.3 Å². The number of rotatable bonds is 1. The van der Waals surface area contributed by atoms with E-state index in [0.29, 0.717) is 0 Å². The van der Waals surface area contributed by atoms with E-state index in [4.69, 9.17) is 0 Å². The number of anilines is 1. The molecule has 1 saturated heterocycles. The lowest BCUT2D eigenvalue weighted by atomic mass is 10.3. The Kier molecular flexibility index (Phi) is 3.13. The van der Waals surface area contributed by atoms with E-state index >= 15 is 0 Å². The minimum Gasteiger partial charge on any atom is -0.356 e. The van der Waals surface area contributed by atoms with Crippen LogP contribution in [0, 0.1) is 24.7 Å². The summed E-state index contributed by atoms with van der Waals surface area (Å²) in [5, 5.41) is 0. The van der Waals surface area contributed by atoms with E-state index in [0.717, 1.165) is 29.4 Å². The van der Waals surface area contributed by atoms with Crippen molar-refractivity contribution in [3.8, 4) is 0 Å². The van der Waals surface area contributed by atoms with Crippen molar-refractivity contribution in [2.75, 3.05) is 18.0 Å². The van der Waals surface area contributed by atoms with Crippen LogP contribution in [0.2, 0.25) is 0 Å². The largest absolute Gasteiger partial charge is 0.356 e. The minimum absolute atomic E-state index is 0.871. The summed E-state index contributed by atoms with van der Waals surface area (Å²) < 4.78 is 0. The Balaban J connectivity index is 0.000000457. The van der Waals surface area contributed by atoms with Crippen LogP contribution in [0.25, 0.3) is 0 Å². The Morgan fingerprint density at radius 3 is 2.44 bits per heavy atom. The van der Waals surface area contributed by atoms with Crippen molar-refractivity contribution in [3.63, 3.8) is 0 Å². The Hall–Kier alpha value is -1.12. The highest BCUT2D eigenvalue weighted by atomic mass is 15.2. The minimum atomic E-state index is 0.871. The number of hydrogen-bond acceptors (Lipinski definition) is 3. The lowest BCUT2D eigenvalue weighted by Crippen LogP contribution is -2.24. The van der Waals surface area contributed by atoms with Crippen LogP contribution in [0.1, 0.15) is 26.6 Å². The van der Waals surface area contributed by atoms with Crippen molar-refractivity contribution in [3.05, 3.63) is 18.1 Å². The molecule has 0 amide bonds. The molecule has 1 aliphatic heterocycles. The second-order valence-corrected chi connectivity index (χ2v) is 4.55. The van der Waals surface area contributed by atoms with Gasteiger partial charge in [-0.3, -0.25) is 0 Å². The molecule has 1 aliphatic carbocycles.